The molecule has 3 aromatic rings. The third kappa shape index (κ3) is 4.34. The number of thiazole rings is 1. The number of hydrogen-bond acceptors (Lipinski definition) is 6. The fraction of sp³-hybridized carbons (Fsp3) is 0.364. The van der Waals surface area contributed by atoms with E-state index in [2.05, 4.69) is 24.0 Å². The zero-order valence-electron chi connectivity index (χ0n) is 17.0. The van der Waals surface area contributed by atoms with Gasteiger partial charge in [0.2, 0.25) is 0 Å². The minimum absolute atomic E-state index is 0.0113. The molecule has 3 heterocycles. The molecule has 30 heavy (non-hydrogen) atoms. The summed E-state index contributed by atoms with van der Waals surface area (Å²) in [6.45, 7) is 4.17. The molecule has 0 radical (unpaired) electrons. The number of benzene rings is 1. The Bertz CT molecular complexity index is 1130. The van der Waals surface area contributed by atoms with Gasteiger partial charge >= 0.3 is 0 Å². The highest BCUT2D eigenvalue weighted by Crippen LogP contribution is 2.31. The molecule has 1 atom stereocenters. The number of rotatable bonds is 6. The molecule has 8 heteroatoms. The average Bonchev–Trinajstić information content (AvgIpc) is 3.46. The van der Waals surface area contributed by atoms with Crippen molar-refractivity contribution in [1.82, 2.24) is 9.88 Å². The van der Waals surface area contributed by atoms with Gasteiger partial charge in [-0.15, -0.1) is 11.3 Å². The monoisotopic (exact) mass is 444 g/mol. The van der Waals surface area contributed by atoms with Gasteiger partial charge in [-0.05, 0) is 37.5 Å². The maximum Gasteiger partial charge on any atom is 0.266 e. The molecule has 1 aliphatic rings. The molecule has 0 unspecified atom stereocenters. The quantitative estimate of drug-likeness (QED) is 0.572. The van der Waals surface area contributed by atoms with Crippen molar-refractivity contribution in [1.29, 1.82) is 0 Å². The van der Waals surface area contributed by atoms with Crippen molar-refractivity contribution in [3.8, 4) is 10.6 Å². The molecule has 1 amide bonds. The molecule has 1 saturated heterocycles. The van der Waals surface area contributed by atoms with Gasteiger partial charge in [-0.2, -0.15) is 0 Å². The second kappa shape index (κ2) is 8.35. The maximum atomic E-state index is 13.5. The van der Waals surface area contributed by atoms with Crippen molar-refractivity contribution in [3.05, 3.63) is 64.6 Å². The normalized spacial score (nSPS) is 17.9. The van der Waals surface area contributed by atoms with E-state index in [1.54, 1.807) is 23.3 Å². The fourth-order valence-electron chi connectivity index (χ4n) is 3.69. The lowest BCUT2D eigenvalue weighted by Gasteiger charge is -2.27. The van der Waals surface area contributed by atoms with Crippen LogP contribution in [0.4, 0.5) is 0 Å². The number of hydrogen-bond donors (Lipinski definition) is 0. The summed E-state index contributed by atoms with van der Waals surface area (Å²) < 4.78 is 29.5. The Hall–Kier alpha value is -2.45. The van der Waals surface area contributed by atoms with Crippen LogP contribution in [0, 0.1) is 6.92 Å². The molecule has 4 rings (SSSR count). The molecule has 0 saturated carbocycles. The molecule has 0 N–H and O–H groups in total. The SMILES string of the molecule is CCc1ccc(-c2nc(C)c(C(=O)N(Cc3ccco3)[C@H]3CCS(=O)(=O)C3)s2)cc1. The van der Waals surface area contributed by atoms with Gasteiger partial charge in [0, 0.05) is 11.6 Å². The molecule has 0 spiro atoms. The lowest BCUT2D eigenvalue weighted by molar-refractivity contribution is 0.0670. The van der Waals surface area contributed by atoms with Gasteiger partial charge in [-0.3, -0.25) is 4.79 Å². The molecular weight excluding hydrogens is 420 g/mol. The molecule has 1 fully saturated rings. The Morgan fingerprint density at radius 1 is 1.27 bits per heavy atom. The molecular formula is C22H24N2O4S2. The molecule has 158 valence electrons. The highest BCUT2D eigenvalue weighted by atomic mass is 32.2. The van der Waals surface area contributed by atoms with Crippen LogP contribution < -0.4 is 0 Å². The minimum Gasteiger partial charge on any atom is -0.467 e. The van der Waals surface area contributed by atoms with Gasteiger partial charge in [0.15, 0.2) is 9.84 Å². The molecule has 2 aromatic heterocycles. The number of aromatic nitrogens is 1. The van der Waals surface area contributed by atoms with Gasteiger partial charge in [0.25, 0.3) is 5.91 Å². The van der Waals surface area contributed by atoms with Crippen molar-refractivity contribution in [3.63, 3.8) is 0 Å². The van der Waals surface area contributed by atoms with Crippen LogP contribution in [0.25, 0.3) is 10.6 Å². The summed E-state index contributed by atoms with van der Waals surface area (Å²) in [6.07, 6.45) is 2.96. The smallest absolute Gasteiger partial charge is 0.266 e. The van der Waals surface area contributed by atoms with Crippen LogP contribution in [-0.2, 0) is 22.8 Å². The summed E-state index contributed by atoms with van der Waals surface area (Å²) in [5.41, 5.74) is 2.88. The van der Waals surface area contributed by atoms with E-state index >= 15 is 0 Å². The third-order valence-electron chi connectivity index (χ3n) is 5.42. The Balaban J connectivity index is 1.64. The Labute approximate surface area is 180 Å². The standard InChI is InChI=1S/C22H24N2O4S2/c1-3-16-6-8-17(9-7-16)21-23-15(2)20(29-21)22(25)24(13-19-5-4-11-28-19)18-10-12-30(26,27)14-18/h4-9,11,18H,3,10,12-14H2,1-2H3/t18-/m0/s1. The number of carbonyl (C=O) groups is 1. The van der Waals surface area contributed by atoms with E-state index < -0.39 is 9.84 Å². The summed E-state index contributed by atoms with van der Waals surface area (Å²) in [5.74, 6) is 0.531. The fourth-order valence-corrected chi connectivity index (χ4v) is 6.45. The molecule has 1 aromatic carbocycles. The van der Waals surface area contributed by atoms with Gasteiger partial charge in [0.05, 0.1) is 30.0 Å². The van der Waals surface area contributed by atoms with Gasteiger partial charge < -0.3 is 9.32 Å². The lowest BCUT2D eigenvalue weighted by Crippen LogP contribution is -2.40. The van der Waals surface area contributed by atoms with Crippen molar-refractivity contribution in [2.45, 2.75) is 39.3 Å². The Morgan fingerprint density at radius 2 is 2.03 bits per heavy atom. The van der Waals surface area contributed by atoms with Crippen molar-refractivity contribution < 1.29 is 17.6 Å². The van der Waals surface area contributed by atoms with Crippen LogP contribution in [0.5, 0.6) is 0 Å². The first-order valence-electron chi connectivity index (χ1n) is 9.97. The van der Waals surface area contributed by atoms with E-state index in [-0.39, 0.29) is 30.0 Å². The van der Waals surface area contributed by atoms with Crippen LogP contribution in [0.15, 0.2) is 47.1 Å². The number of amides is 1. The predicted octanol–water partition coefficient (Wildman–Crippen LogP) is 4.10. The van der Waals surface area contributed by atoms with Crippen LogP contribution in [0.3, 0.4) is 0 Å². The number of carbonyl (C=O) groups excluding carboxylic acids is 1. The minimum atomic E-state index is -3.13. The van der Waals surface area contributed by atoms with Crippen molar-refractivity contribution >= 4 is 27.1 Å². The summed E-state index contributed by atoms with van der Waals surface area (Å²) in [5, 5.41) is 0.787. The van der Waals surface area contributed by atoms with Gasteiger partial charge in [0.1, 0.15) is 15.6 Å². The first kappa shape index (κ1) is 20.8. The van der Waals surface area contributed by atoms with E-state index in [0.29, 0.717) is 22.8 Å². The first-order chi connectivity index (χ1) is 14.4. The topological polar surface area (TPSA) is 80.5 Å². The van der Waals surface area contributed by atoms with Crippen LogP contribution >= 0.6 is 11.3 Å². The van der Waals surface area contributed by atoms with E-state index in [1.165, 1.54) is 16.9 Å². The number of aryl methyl sites for hydroxylation is 2. The van der Waals surface area contributed by atoms with Crippen LogP contribution in [-0.4, -0.2) is 41.8 Å². The third-order valence-corrected chi connectivity index (χ3v) is 8.36. The van der Waals surface area contributed by atoms with E-state index in [0.717, 1.165) is 17.0 Å². The molecule has 0 aliphatic carbocycles. The summed E-state index contributed by atoms with van der Waals surface area (Å²) in [4.78, 5) is 20.3. The Morgan fingerprint density at radius 3 is 2.63 bits per heavy atom. The summed E-state index contributed by atoms with van der Waals surface area (Å²) >= 11 is 1.35. The van der Waals surface area contributed by atoms with E-state index in [1.807, 2.05) is 19.1 Å². The summed E-state index contributed by atoms with van der Waals surface area (Å²) in [7, 11) is -3.13. The second-order valence-electron chi connectivity index (χ2n) is 7.55. The van der Waals surface area contributed by atoms with E-state index in [4.69, 9.17) is 4.42 Å². The highest BCUT2D eigenvalue weighted by molar-refractivity contribution is 7.91. The average molecular weight is 445 g/mol. The lowest BCUT2D eigenvalue weighted by atomic mass is 10.1. The van der Waals surface area contributed by atoms with Crippen molar-refractivity contribution in [2.24, 2.45) is 0 Å². The first-order valence-corrected chi connectivity index (χ1v) is 12.6. The van der Waals surface area contributed by atoms with Crippen molar-refractivity contribution in [2.75, 3.05) is 11.5 Å². The largest absolute Gasteiger partial charge is 0.467 e. The van der Waals surface area contributed by atoms with Gasteiger partial charge in [-0.25, -0.2) is 13.4 Å². The molecule has 1 aliphatic heterocycles. The molecule has 0 bridgehead atoms. The number of nitrogens with zero attached hydrogens (tertiary/aromatic N) is 2. The number of sulfone groups is 1. The molecule has 6 nitrogen and oxygen atoms in total. The van der Waals surface area contributed by atoms with E-state index in [9.17, 15) is 13.2 Å². The maximum absolute atomic E-state index is 13.5. The number of furan rings is 1. The predicted molar refractivity (Wildman–Crippen MR) is 117 cm³/mol. The zero-order chi connectivity index (χ0) is 21.3. The zero-order valence-corrected chi connectivity index (χ0v) is 18.6. The highest BCUT2D eigenvalue weighted by Gasteiger charge is 2.36. The second-order valence-corrected chi connectivity index (χ2v) is 10.8. The Kier molecular flexibility index (Phi) is 5.79. The van der Waals surface area contributed by atoms with Gasteiger partial charge in [-0.1, -0.05) is 31.2 Å². The van der Waals surface area contributed by atoms with Crippen LogP contribution in [0.1, 0.15) is 40.0 Å². The summed E-state index contributed by atoms with van der Waals surface area (Å²) in [6, 6.07) is 11.4. The van der Waals surface area contributed by atoms with Crippen LogP contribution in [0.2, 0.25) is 0 Å².